The number of benzene rings is 1. The average molecular weight is 205 g/mol. The Labute approximate surface area is 89.5 Å². The molecular weight excluding hydrogens is 190 g/mol. The molecule has 80 valence electrons. The maximum absolute atomic E-state index is 11.3. The van der Waals surface area contributed by atoms with Crippen LogP contribution in [0.2, 0.25) is 0 Å². The van der Waals surface area contributed by atoms with Gasteiger partial charge in [0.05, 0.1) is 0 Å². The minimum Gasteiger partial charge on any atom is -0.326 e. The molecule has 0 aliphatic rings. The molecule has 1 aromatic carbocycles. The summed E-state index contributed by atoms with van der Waals surface area (Å²) in [5, 5.41) is 2.73. The van der Waals surface area contributed by atoms with E-state index in [1.165, 1.54) is 0 Å². The largest absolute Gasteiger partial charge is 0.326 e. The Morgan fingerprint density at radius 2 is 1.67 bits per heavy atom. The third-order valence-corrected chi connectivity index (χ3v) is 2.13. The first-order valence-corrected chi connectivity index (χ1v) is 5.10. The van der Waals surface area contributed by atoms with Gasteiger partial charge in [-0.15, -0.1) is 0 Å². The number of amides is 1. The van der Waals surface area contributed by atoms with Crippen LogP contribution in [0.3, 0.4) is 0 Å². The zero-order valence-electron chi connectivity index (χ0n) is 9.04. The van der Waals surface area contributed by atoms with Gasteiger partial charge < -0.3 is 5.32 Å². The lowest BCUT2D eigenvalue weighted by molar-refractivity contribution is -0.115. The standard InChI is InChI=1S/C12H15NO2/c1-3-11(14)9-5-7-10(8-6-9)13-12(15)4-2/h5-8H,3-4H2,1-2H3,(H,13,15). The van der Waals surface area contributed by atoms with Gasteiger partial charge in [-0.2, -0.15) is 0 Å². The normalized spacial score (nSPS) is 9.73. The van der Waals surface area contributed by atoms with Crippen LogP contribution < -0.4 is 5.32 Å². The van der Waals surface area contributed by atoms with Gasteiger partial charge in [0.25, 0.3) is 0 Å². The summed E-state index contributed by atoms with van der Waals surface area (Å²) in [5.41, 5.74) is 1.42. The summed E-state index contributed by atoms with van der Waals surface area (Å²) < 4.78 is 0. The highest BCUT2D eigenvalue weighted by Crippen LogP contribution is 2.11. The van der Waals surface area contributed by atoms with Crippen molar-refractivity contribution in [2.45, 2.75) is 26.7 Å². The molecule has 0 radical (unpaired) electrons. The van der Waals surface area contributed by atoms with Crippen LogP contribution in [0.5, 0.6) is 0 Å². The molecule has 0 spiro atoms. The lowest BCUT2D eigenvalue weighted by Crippen LogP contribution is -2.09. The molecular formula is C12H15NO2. The van der Waals surface area contributed by atoms with Crippen molar-refractivity contribution >= 4 is 17.4 Å². The van der Waals surface area contributed by atoms with Crippen molar-refractivity contribution in [1.29, 1.82) is 0 Å². The second kappa shape index (κ2) is 5.29. The van der Waals surface area contributed by atoms with Gasteiger partial charge in [-0.05, 0) is 24.3 Å². The number of Topliss-reactive ketones (excluding diaryl/α,β-unsaturated/α-hetero) is 1. The van der Waals surface area contributed by atoms with Crippen LogP contribution >= 0.6 is 0 Å². The fraction of sp³-hybridized carbons (Fsp3) is 0.333. The molecule has 0 fully saturated rings. The number of carbonyl (C=O) groups is 2. The summed E-state index contributed by atoms with van der Waals surface area (Å²) in [7, 11) is 0. The molecule has 0 aliphatic heterocycles. The highest BCUT2D eigenvalue weighted by molar-refractivity contribution is 5.97. The lowest BCUT2D eigenvalue weighted by Gasteiger charge is -2.04. The van der Waals surface area contributed by atoms with Crippen LogP contribution in [0.4, 0.5) is 5.69 Å². The van der Waals surface area contributed by atoms with E-state index in [-0.39, 0.29) is 11.7 Å². The van der Waals surface area contributed by atoms with E-state index in [1.54, 1.807) is 31.2 Å². The van der Waals surface area contributed by atoms with E-state index in [4.69, 9.17) is 0 Å². The minimum atomic E-state index is -0.0235. The number of ketones is 1. The molecule has 0 bridgehead atoms. The summed E-state index contributed by atoms with van der Waals surface area (Å²) in [6.45, 7) is 3.62. The predicted octanol–water partition coefficient (Wildman–Crippen LogP) is 2.63. The van der Waals surface area contributed by atoms with Gasteiger partial charge in [-0.1, -0.05) is 13.8 Å². The summed E-state index contributed by atoms with van der Waals surface area (Å²) in [6.07, 6.45) is 0.955. The van der Waals surface area contributed by atoms with Crippen molar-refractivity contribution in [2.24, 2.45) is 0 Å². The van der Waals surface area contributed by atoms with Gasteiger partial charge in [-0.25, -0.2) is 0 Å². The van der Waals surface area contributed by atoms with Crippen LogP contribution in [0.15, 0.2) is 24.3 Å². The number of anilines is 1. The highest BCUT2D eigenvalue weighted by Gasteiger charge is 2.03. The quantitative estimate of drug-likeness (QED) is 0.768. The second-order valence-corrected chi connectivity index (χ2v) is 3.26. The molecule has 0 saturated heterocycles. The number of hydrogen-bond donors (Lipinski definition) is 1. The van der Waals surface area contributed by atoms with Crippen molar-refractivity contribution in [2.75, 3.05) is 5.32 Å². The maximum Gasteiger partial charge on any atom is 0.224 e. The third-order valence-electron chi connectivity index (χ3n) is 2.13. The van der Waals surface area contributed by atoms with Crippen molar-refractivity contribution in [1.82, 2.24) is 0 Å². The van der Waals surface area contributed by atoms with E-state index < -0.39 is 0 Å². The zero-order valence-corrected chi connectivity index (χ0v) is 9.04. The molecule has 15 heavy (non-hydrogen) atoms. The van der Waals surface area contributed by atoms with Crippen LogP contribution in [-0.4, -0.2) is 11.7 Å². The third kappa shape index (κ3) is 3.20. The molecule has 1 rings (SSSR count). The van der Waals surface area contributed by atoms with E-state index in [0.717, 1.165) is 5.69 Å². The second-order valence-electron chi connectivity index (χ2n) is 3.26. The van der Waals surface area contributed by atoms with Crippen LogP contribution in [0.1, 0.15) is 37.0 Å². The van der Waals surface area contributed by atoms with E-state index in [9.17, 15) is 9.59 Å². The number of hydrogen-bond acceptors (Lipinski definition) is 2. The van der Waals surface area contributed by atoms with Crippen LogP contribution in [0.25, 0.3) is 0 Å². The van der Waals surface area contributed by atoms with Crippen molar-refractivity contribution in [3.8, 4) is 0 Å². The van der Waals surface area contributed by atoms with Gasteiger partial charge in [0.2, 0.25) is 5.91 Å². The molecule has 0 aromatic heterocycles. The first kappa shape index (κ1) is 11.4. The molecule has 0 aliphatic carbocycles. The van der Waals surface area contributed by atoms with Crippen molar-refractivity contribution in [3.05, 3.63) is 29.8 Å². The van der Waals surface area contributed by atoms with Gasteiger partial charge in [0, 0.05) is 24.1 Å². The molecule has 3 nitrogen and oxygen atoms in total. The molecule has 0 heterocycles. The van der Waals surface area contributed by atoms with E-state index in [1.807, 2.05) is 6.92 Å². The predicted molar refractivity (Wildman–Crippen MR) is 60.0 cm³/mol. The monoisotopic (exact) mass is 205 g/mol. The maximum atomic E-state index is 11.3. The highest BCUT2D eigenvalue weighted by atomic mass is 16.1. The van der Waals surface area contributed by atoms with Crippen molar-refractivity contribution in [3.63, 3.8) is 0 Å². The summed E-state index contributed by atoms with van der Waals surface area (Å²) >= 11 is 0. The minimum absolute atomic E-state index is 0.0235. The van der Waals surface area contributed by atoms with Gasteiger partial charge >= 0.3 is 0 Å². The fourth-order valence-corrected chi connectivity index (χ4v) is 1.19. The summed E-state index contributed by atoms with van der Waals surface area (Å²) in [4.78, 5) is 22.4. The Balaban J connectivity index is 2.72. The van der Waals surface area contributed by atoms with Crippen LogP contribution in [-0.2, 0) is 4.79 Å². The van der Waals surface area contributed by atoms with E-state index >= 15 is 0 Å². The molecule has 0 saturated carbocycles. The Hall–Kier alpha value is -1.64. The SMILES string of the molecule is CCC(=O)Nc1ccc(C(=O)CC)cc1. The number of nitrogens with one attached hydrogen (secondary N) is 1. The van der Waals surface area contributed by atoms with E-state index in [0.29, 0.717) is 18.4 Å². The molecule has 1 amide bonds. The van der Waals surface area contributed by atoms with Gasteiger partial charge in [0.1, 0.15) is 0 Å². The summed E-state index contributed by atoms with van der Waals surface area (Å²) in [5.74, 6) is 0.0907. The molecule has 0 unspecified atom stereocenters. The van der Waals surface area contributed by atoms with Crippen LogP contribution in [0, 0.1) is 0 Å². The number of carbonyl (C=O) groups excluding carboxylic acids is 2. The fourth-order valence-electron chi connectivity index (χ4n) is 1.19. The first-order chi connectivity index (χ1) is 7.17. The zero-order chi connectivity index (χ0) is 11.3. The molecule has 1 N–H and O–H groups in total. The Bertz CT molecular complexity index is 354. The Morgan fingerprint density at radius 3 is 2.13 bits per heavy atom. The Kier molecular flexibility index (Phi) is 4.03. The van der Waals surface area contributed by atoms with Crippen molar-refractivity contribution < 1.29 is 9.59 Å². The molecule has 1 aromatic rings. The Morgan fingerprint density at radius 1 is 1.07 bits per heavy atom. The number of rotatable bonds is 4. The van der Waals surface area contributed by atoms with E-state index in [2.05, 4.69) is 5.32 Å². The van der Waals surface area contributed by atoms with Gasteiger partial charge in [-0.3, -0.25) is 9.59 Å². The smallest absolute Gasteiger partial charge is 0.224 e. The lowest BCUT2D eigenvalue weighted by atomic mass is 10.1. The molecule has 0 atom stereocenters. The first-order valence-electron chi connectivity index (χ1n) is 5.10. The molecule has 3 heteroatoms. The average Bonchev–Trinajstić information content (AvgIpc) is 2.29. The topological polar surface area (TPSA) is 46.2 Å². The van der Waals surface area contributed by atoms with Gasteiger partial charge in [0.15, 0.2) is 5.78 Å². The summed E-state index contributed by atoms with van der Waals surface area (Å²) in [6, 6.07) is 6.96.